The lowest BCUT2D eigenvalue weighted by Gasteiger charge is -2.07. The van der Waals surface area contributed by atoms with Gasteiger partial charge in [0.15, 0.2) is 5.58 Å². The van der Waals surface area contributed by atoms with Crippen molar-refractivity contribution in [3.8, 4) is 11.5 Å². The molecule has 0 unspecified atom stereocenters. The van der Waals surface area contributed by atoms with Crippen molar-refractivity contribution >= 4 is 23.0 Å². The molecule has 2 atom stereocenters. The molecule has 0 aliphatic heterocycles. The Balaban J connectivity index is 1.62. The van der Waals surface area contributed by atoms with E-state index >= 15 is 0 Å². The van der Waals surface area contributed by atoms with E-state index in [4.69, 9.17) is 21.0 Å². The quantitative estimate of drug-likeness (QED) is 0.430. The van der Waals surface area contributed by atoms with Gasteiger partial charge in [-0.25, -0.2) is 4.98 Å². The molecule has 1 aliphatic rings. The van der Waals surface area contributed by atoms with Crippen molar-refractivity contribution in [1.82, 2.24) is 4.98 Å². The second-order valence-corrected chi connectivity index (χ2v) is 6.58. The van der Waals surface area contributed by atoms with Crippen LogP contribution in [-0.2, 0) is 0 Å². The van der Waals surface area contributed by atoms with E-state index in [9.17, 15) is 0 Å². The number of benzene rings is 2. The minimum absolute atomic E-state index is 0.231. The fourth-order valence-electron chi connectivity index (χ4n) is 3.34. The van der Waals surface area contributed by atoms with Crippen molar-refractivity contribution in [3.63, 3.8) is 0 Å². The molecule has 3 aromatic rings. The standard InChI is InChI=1S/C20H21N5O/c21-15-9-10-16(11-15)24-18(12-23-22)13-5-7-14(8-6-13)20-25-17-3-1-2-4-19(17)26-20/h1-8,12,15-16H,9-11,21-22H2/t15-,16+/m0/s1. The SMILES string of the molecule is NN=CC(=N[C@@H]1CC[C@H](N)C1)c1ccc(-c2nc3ccccc3o2)cc1. The van der Waals surface area contributed by atoms with Gasteiger partial charge < -0.3 is 16.0 Å². The van der Waals surface area contributed by atoms with Crippen molar-refractivity contribution in [2.75, 3.05) is 0 Å². The van der Waals surface area contributed by atoms with Gasteiger partial charge in [-0.15, -0.1) is 0 Å². The molecule has 1 fully saturated rings. The second kappa shape index (κ2) is 7.09. The van der Waals surface area contributed by atoms with Gasteiger partial charge in [-0.05, 0) is 43.5 Å². The first-order valence-corrected chi connectivity index (χ1v) is 8.76. The van der Waals surface area contributed by atoms with E-state index in [0.29, 0.717) is 5.89 Å². The van der Waals surface area contributed by atoms with E-state index in [2.05, 4.69) is 10.1 Å². The number of nitrogens with two attached hydrogens (primary N) is 2. The minimum atomic E-state index is 0.231. The van der Waals surface area contributed by atoms with E-state index in [-0.39, 0.29) is 12.1 Å². The fraction of sp³-hybridized carbons (Fsp3) is 0.250. The molecule has 4 rings (SSSR count). The average Bonchev–Trinajstić information content (AvgIpc) is 3.27. The first-order valence-electron chi connectivity index (χ1n) is 8.76. The first-order chi connectivity index (χ1) is 12.7. The zero-order chi connectivity index (χ0) is 17.9. The summed E-state index contributed by atoms with van der Waals surface area (Å²) in [6, 6.07) is 16.1. The highest BCUT2D eigenvalue weighted by atomic mass is 16.3. The lowest BCUT2D eigenvalue weighted by molar-refractivity contribution is 0.620. The van der Waals surface area contributed by atoms with E-state index in [1.807, 2.05) is 48.5 Å². The van der Waals surface area contributed by atoms with E-state index in [0.717, 1.165) is 47.2 Å². The molecule has 1 heterocycles. The van der Waals surface area contributed by atoms with Gasteiger partial charge in [-0.3, -0.25) is 4.99 Å². The molecule has 132 valence electrons. The number of hydrazone groups is 1. The molecule has 6 heteroatoms. The summed E-state index contributed by atoms with van der Waals surface area (Å²) >= 11 is 0. The number of fused-ring (bicyclic) bond motifs is 1. The maximum atomic E-state index is 5.98. The van der Waals surface area contributed by atoms with Gasteiger partial charge in [0.2, 0.25) is 5.89 Å². The Bertz CT molecular complexity index is 925. The molecule has 26 heavy (non-hydrogen) atoms. The van der Waals surface area contributed by atoms with Crippen LogP contribution >= 0.6 is 0 Å². The summed E-state index contributed by atoms with van der Waals surface area (Å²) in [5, 5.41) is 3.66. The van der Waals surface area contributed by atoms with Gasteiger partial charge in [-0.2, -0.15) is 5.10 Å². The van der Waals surface area contributed by atoms with E-state index in [1.54, 1.807) is 6.21 Å². The topological polar surface area (TPSA) is 103 Å². The normalized spacial score (nSPS) is 21.0. The second-order valence-electron chi connectivity index (χ2n) is 6.58. The highest BCUT2D eigenvalue weighted by Crippen LogP contribution is 2.25. The monoisotopic (exact) mass is 347 g/mol. The van der Waals surface area contributed by atoms with Crippen LogP contribution in [0.15, 0.2) is 63.0 Å². The van der Waals surface area contributed by atoms with Crippen LogP contribution in [0.1, 0.15) is 24.8 Å². The average molecular weight is 347 g/mol. The number of hydrogen-bond acceptors (Lipinski definition) is 6. The van der Waals surface area contributed by atoms with Crippen LogP contribution < -0.4 is 11.6 Å². The summed E-state index contributed by atoms with van der Waals surface area (Å²) in [6.07, 6.45) is 4.52. The Kier molecular flexibility index (Phi) is 4.50. The molecule has 1 saturated carbocycles. The van der Waals surface area contributed by atoms with Crippen molar-refractivity contribution in [3.05, 3.63) is 54.1 Å². The highest BCUT2D eigenvalue weighted by Gasteiger charge is 2.21. The third kappa shape index (κ3) is 3.36. The molecular formula is C20H21N5O. The van der Waals surface area contributed by atoms with Crippen molar-refractivity contribution < 1.29 is 4.42 Å². The van der Waals surface area contributed by atoms with Crippen LogP contribution in [0.25, 0.3) is 22.6 Å². The molecular weight excluding hydrogens is 326 g/mol. The number of aromatic nitrogens is 1. The zero-order valence-electron chi connectivity index (χ0n) is 14.4. The molecule has 1 aromatic heterocycles. The van der Waals surface area contributed by atoms with Crippen LogP contribution in [0.5, 0.6) is 0 Å². The summed E-state index contributed by atoms with van der Waals surface area (Å²) in [5.74, 6) is 5.97. The van der Waals surface area contributed by atoms with Crippen LogP contribution in [0.3, 0.4) is 0 Å². The van der Waals surface area contributed by atoms with E-state index < -0.39 is 0 Å². The maximum Gasteiger partial charge on any atom is 0.227 e. The molecule has 6 nitrogen and oxygen atoms in total. The van der Waals surface area contributed by atoms with Gasteiger partial charge >= 0.3 is 0 Å². The van der Waals surface area contributed by atoms with Crippen LogP contribution in [0, 0.1) is 0 Å². The van der Waals surface area contributed by atoms with Gasteiger partial charge in [-0.1, -0.05) is 24.3 Å². The Morgan fingerprint density at radius 1 is 1.12 bits per heavy atom. The van der Waals surface area contributed by atoms with Crippen LogP contribution in [0.2, 0.25) is 0 Å². The number of oxazole rings is 1. The minimum Gasteiger partial charge on any atom is -0.436 e. The molecule has 0 saturated heterocycles. The van der Waals surface area contributed by atoms with Crippen molar-refractivity contribution in [1.29, 1.82) is 0 Å². The van der Waals surface area contributed by atoms with E-state index in [1.165, 1.54) is 0 Å². The summed E-state index contributed by atoms with van der Waals surface area (Å²) in [5.41, 5.74) is 10.3. The predicted molar refractivity (Wildman–Crippen MR) is 104 cm³/mol. The molecule has 0 bridgehead atoms. The third-order valence-corrected chi connectivity index (χ3v) is 4.69. The molecule has 0 radical (unpaired) electrons. The Labute approximate surface area is 151 Å². The lowest BCUT2D eigenvalue weighted by atomic mass is 10.1. The summed E-state index contributed by atoms with van der Waals surface area (Å²) in [4.78, 5) is 9.32. The van der Waals surface area contributed by atoms with Gasteiger partial charge in [0.25, 0.3) is 0 Å². The van der Waals surface area contributed by atoms with Gasteiger partial charge in [0, 0.05) is 17.2 Å². The number of hydrogen-bond donors (Lipinski definition) is 2. The molecule has 4 N–H and O–H groups in total. The molecule has 0 spiro atoms. The summed E-state index contributed by atoms with van der Waals surface area (Å²) < 4.78 is 5.82. The Hall–Kier alpha value is -2.99. The highest BCUT2D eigenvalue weighted by molar-refractivity contribution is 6.38. The third-order valence-electron chi connectivity index (χ3n) is 4.69. The van der Waals surface area contributed by atoms with Crippen molar-refractivity contribution in [2.24, 2.45) is 21.7 Å². The molecule has 2 aromatic carbocycles. The number of nitrogens with zero attached hydrogens (tertiary/aromatic N) is 3. The van der Waals surface area contributed by atoms with Crippen molar-refractivity contribution in [2.45, 2.75) is 31.3 Å². The van der Waals surface area contributed by atoms with Gasteiger partial charge in [0.05, 0.1) is 18.0 Å². The molecule has 1 aliphatic carbocycles. The number of para-hydroxylation sites is 2. The van der Waals surface area contributed by atoms with Gasteiger partial charge in [0.1, 0.15) is 5.52 Å². The number of aliphatic imine (C=N–C) groups is 1. The Morgan fingerprint density at radius 2 is 1.92 bits per heavy atom. The first kappa shape index (κ1) is 16.5. The van der Waals surface area contributed by atoms with Crippen LogP contribution in [-0.4, -0.2) is 29.0 Å². The van der Waals surface area contributed by atoms with Crippen LogP contribution in [0.4, 0.5) is 0 Å². The maximum absolute atomic E-state index is 5.98. The fourth-order valence-corrected chi connectivity index (χ4v) is 3.34. The predicted octanol–water partition coefficient (Wildman–Crippen LogP) is 3.11. The largest absolute Gasteiger partial charge is 0.436 e. The number of rotatable bonds is 4. The molecule has 0 amide bonds. The Morgan fingerprint density at radius 3 is 2.62 bits per heavy atom. The smallest absolute Gasteiger partial charge is 0.227 e. The zero-order valence-corrected chi connectivity index (χ0v) is 14.4. The lowest BCUT2D eigenvalue weighted by Crippen LogP contribution is -2.16. The summed E-state index contributed by atoms with van der Waals surface area (Å²) in [6.45, 7) is 0. The summed E-state index contributed by atoms with van der Waals surface area (Å²) in [7, 11) is 0.